The van der Waals surface area contributed by atoms with Gasteiger partial charge in [-0.3, -0.25) is 9.88 Å². The van der Waals surface area contributed by atoms with Crippen molar-refractivity contribution >= 4 is 0 Å². The van der Waals surface area contributed by atoms with Gasteiger partial charge in [-0.15, -0.1) is 0 Å². The van der Waals surface area contributed by atoms with E-state index in [4.69, 9.17) is 0 Å². The predicted molar refractivity (Wildman–Crippen MR) is 61.9 cm³/mol. The Kier molecular flexibility index (Phi) is 3.39. The summed E-state index contributed by atoms with van der Waals surface area (Å²) in [5.41, 5.74) is 1.88. The fourth-order valence-corrected chi connectivity index (χ4v) is 1.82. The van der Waals surface area contributed by atoms with Crippen LogP contribution in [0.15, 0.2) is 18.5 Å². The Hall–Kier alpha value is -1.47. The van der Waals surface area contributed by atoms with Crippen LogP contribution < -0.4 is 0 Å². The second-order valence-corrected chi connectivity index (χ2v) is 4.37. The third kappa shape index (κ3) is 3.50. The van der Waals surface area contributed by atoms with Gasteiger partial charge < -0.3 is 0 Å². The SMILES string of the molecule is Cc1cncc(C#CCN2CCC(F)(F)C2)c1. The molecule has 0 spiro atoms. The second kappa shape index (κ2) is 4.80. The molecule has 0 unspecified atom stereocenters. The molecule has 0 atom stereocenters. The van der Waals surface area contributed by atoms with E-state index in [0.29, 0.717) is 13.1 Å². The van der Waals surface area contributed by atoms with Crippen LogP contribution in [0.2, 0.25) is 0 Å². The van der Waals surface area contributed by atoms with Gasteiger partial charge in [0, 0.05) is 30.9 Å². The van der Waals surface area contributed by atoms with Gasteiger partial charge in [0.15, 0.2) is 0 Å². The summed E-state index contributed by atoms with van der Waals surface area (Å²) in [4.78, 5) is 5.70. The van der Waals surface area contributed by atoms with E-state index in [0.717, 1.165) is 11.1 Å². The van der Waals surface area contributed by atoms with Crippen molar-refractivity contribution in [2.75, 3.05) is 19.6 Å². The maximum atomic E-state index is 12.9. The summed E-state index contributed by atoms with van der Waals surface area (Å²) >= 11 is 0. The highest BCUT2D eigenvalue weighted by Gasteiger charge is 2.37. The summed E-state index contributed by atoms with van der Waals surface area (Å²) < 4.78 is 25.8. The summed E-state index contributed by atoms with van der Waals surface area (Å²) in [6.07, 6.45) is 3.38. The molecule has 90 valence electrons. The van der Waals surface area contributed by atoms with E-state index in [9.17, 15) is 8.78 Å². The van der Waals surface area contributed by atoms with Gasteiger partial charge >= 0.3 is 0 Å². The average Bonchev–Trinajstić information content (AvgIpc) is 2.58. The van der Waals surface area contributed by atoms with Crippen molar-refractivity contribution in [2.24, 2.45) is 0 Å². The zero-order valence-electron chi connectivity index (χ0n) is 9.71. The third-order valence-corrected chi connectivity index (χ3v) is 2.66. The van der Waals surface area contributed by atoms with E-state index in [1.807, 2.05) is 13.0 Å². The number of halogens is 2. The van der Waals surface area contributed by atoms with Crippen molar-refractivity contribution in [1.29, 1.82) is 0 Å². The third-order valence-electron chi connectivity index (χ3n) is 2.66. The van der Waals surface area contributed by atoms with Gasteiger partial charge in [-0.05, 0) is 18.6 Å². The lowest BCUT2D eigenvalue weighted by atomic mass is 10.2. The molecule has 0 N–H and O–H groups in total. The van der Waals surface area contributed by atoms with Crippen LogP contribution in [0.25, 0.3) is 0 Å². The number of hydrogen-bond donors (Lipinski definition) is 0. The van der Waals surface area contributed by atoms with Crippen molar-refractivity contribution < 1.29 is 8.78 Å². The number of rotatable bonds is 1. The Balaban J connectivity index is 1.91. The van der Waals surface area contributed by atoms with Crippen LogP contribution in [-0.2, 0) is 0 Å². The lowest BCUT2D eigenvalue weighted by Crippen LogP contribution is -2.25. The van der Waals surface area contributed by atoms with Gasteiger partial charge in [0.2, 0.25) is 0 Å². The molecule has 1 aromatic rings. The molecule has 1 aliphatic heterocycles. The molecular formula is C13H14F2N2. The van der Waals surface area contributed by atoms with E-state index in [1.54, 1.807) is 17.3 Å². The summed E-state index contributed by atoms with van der Waals surface area (Å²) in [5, 5.41) is 0. The van der Waals surface area contributed by atoms with Crippen LogP contribution in [0.3, 0.4) is 0 Å². The molecule has 2 nitrogen and oxygen atoms in total. The maximum Gasteiger partial charge on any atom is 0.261 e. The molecular weight excluding hydrogens is 222 g/mol. The zero-order valence-corrected chi connectivity index (χ0v) is 9.71. The number of aryl methyl sites for hydroxylation is 1. The average molecular weight is 236 g/mol. The summed E-state index contributed by atoms with van der Waals surface area (Å²) in [6.45, 7) is 2.59. The fraction of sp³-hybridized carbons (Fsp3) is 0.462. The molecule has 0 aliphatic carbocycles. The normalized spacial score (nSPS) is 18.8. The molecule has 1 fully saturated rings. The second-order valence-electron chi connectivity index (χ2n) is 4.37. The number of alkyl halides is 2. The van der Waals surface area contributed by atoms with Crippen LogP contribution in [0.4, 0.5) is 8.78 Å². The van der Waals surface area contributed by atoms with Crippen molar-refractivity contribution in [3.63, 3.8) is 0 Å². The Morgan fingerprint density at radius 2 is 2.29 bits per heavy atom. The number of nitrogens with zero attached hydrogens (tertiary/aromatic N) is 2. The molecule has 1 saturated heterocycles. The lowest BCUT2D eigenvalue weighted by molar-refractivity contribution is 0.0135. The van der Waals surface area contributed by atoms with E-state index < -0.39 is 5.92 Å². The number of pyridine rings is 1. The molecule has 1 aromatic heterocycles. The van der Waals surface area contributed by atoms with Crippen LogP contribution in [0.1, 0.15) is 17.5 Å². The first kappa shape index (κ1) is 12.0. The monoisotopic (exact) mass is 236 g/mol. The quantitative estimate of drug-likeness (QED) is 0.694. The van der Waals surface area contributed by atoms with Crippen molar-refractivity contribution in [3.8, 4) is 11.8 Å². The van der Waals surface area contributed by atoms with E-state index >= 15 is 0 Å². The number of aromatic nitrogens is 1. The number of hydrogen-bond acceptors (Lipinski definition) is 2. The highest BCUT2D eigenvalue weighted by atomic mass is 19.3. The Morgan fingerprint density at radius 3 is 2.94 bits per heavy atom. The van der Waals surface area contributed by atoms with Gasteiger partial charge in [0.05, 0.1) is 13.1 Å². The van der Waals surface area contributed by atoms with Gasteiger partial charge in [-0.1, -0.05) is 11.8 Å². The van der Waals surface area contributed by atoms with E-state index in [2.05, 4.69) is 16.8 Å². The predicted octanol–water partition coefficient (Wildman–Crippen LogP) is 2.08. The van der Waals surface area contributed by atoms with Crippen molar-refractivity contribution in [1.82, 2.24) is 9.88 Å². The summed E-state index contributed by atoms with van der Waals surface area (Å²) in [6, 6.07) is 1.93. The topological polar surface area (TPSA) is 16.1 Å². The standard InChI is InChI=1S/C13H14F2N2/c1-11-7-12(9-16-8-11)3-2-5-17-6-4-13(14,15)10-17/h7-9H,4-6,10H2,1H3. The molecule has 2 heterocycles. The molecule has 1 aliphatic rings. The van der Waals surface area contributed by atoms with E-state index in [-0.39, 0.29) is 13.0 Å². The highest BCUT2D eigenvalue weighted by molar-refractivity contribution is 5.34. The first-order chi connectivity index (χ1) is 8.05. The van der Waals surface area contributed by atoms with Crippen LogP contribution in [0.5, 0.6) is 0 Å². The minimum absolute atomic E-state index is 0.0549. The Morgan fingerprint density at radius 1 is 1.47 bits per heavy atom. The first-order valence-electron chi connectivity index (χ1n) is 5.56. The largest absolute Gasteiger partial charge is 0.286 e. The molecule has 2 rings (SSSR count). The zero-order chi connectivity index (χ0) is 12.3. The highest BCUT2D eigenvalue weighted by Crippen LogP contribution is 2.26. The first-order valence-corrected chi connectivity index (χ1v) is 5.56. The maximum absolute atomic E-state index is 12.9. The Labute approximate surface area is 99.7 Å². The molecule has 0 bridgehead atoms. The molecule has 17 heavy (non-hydrogen) atoms. The molecule has 0 radical (unpaired) electrons. The minimum atomic E-state index is -2.54. The van der Waals surface area contributed by atoms with E-state index in [1.165, 1.54) is 0 Å². The van der Waals surface area contributed by atoms with Gasteiger partial charge in [-0.2, -0.15) is 0 Å². The fourth-order valence-electron chi connectivity index (χ4n) is 1.82. The van der Waals surface area contributed by atoms with Gasteiger partial charge in [0.25, 0.3) is 5.92 Å². The molecule has 0 amide bonds. The van der Waals surface area contributed by atoms with Crippen molar-refractivity contribution in [3.05, 3.63) is 29.6 Å². The summed E-state index contributed by atoms with van der Waals surface area (Å²) in [7, 11) is 0. The summed E-state index contributed by atoms with van der Waals surface area (Å²) in [5.74, 6) is 3.32. The van der Waals surface area contributed by atoms with Gasteiger partial charge in [-0.25, -0.2) is 8.78 Å². The van der Waals surface area contributed by atoms with Crippen LogP contribution in [-0.4, -0.2) is 35.4 Å². The van der Waals surface area contributed by atoms with Crippen LogP contribution in [0, 0.1) is 18.8 Å². The lowest BCUT2D eigenvalue weighted by Gasteiger charge is -2.10. The number of likely N-dealkylation sites (tertiary alicyclic amines) is 1. The molecule has 4 heteroatoms. The van der Waals surface area contributed by atoms with Crippen molar-refractivity contribution in [2.45, 2.75) is 19.3 Å². The molecule has 0 saturated carbocycles. The Bertz CT molecular complexity index is 460. The smallest absolute Gasteiger partial charge is 0.261 e. The van der Waals surface area contributed by atoms with Crippen LogP contribution >= 0.6 is 0 Å². The molecule has 0 aromatic carbocycles. The van der Waals surface area contributed by atoms with Gasteiger partial charge in [0.1, 0.15) is 0 Å². The minimum Gasteiger partial charge on any atom is -0.286 e.